The van der Waals surface area contributed by atoms with Crippen LogP contribution in [0.5, 0.6) is 5.75 Å². The van der Waals surface area contributed by atoms with Gasteiger partial charge in [0.1, 0.15) is 0 Å². The van der Waals surface area contributed by atoms with Gasteiger partial charge < -0.3 is 14.4 Å². The average Bonchev–Trinajstić information content (AvgIpc) is 2.63. The molecule has 0 unspecified atom stereocenters. The molecule has 0 saturated carbocycles. The molecule has 8 heteroatoms. The molecule has 5 nitrogen and oxygen atoms in total. The summed E-state index contributed by atoms with van der Waals surface area (Å²) in [5, 5.41) is 1.38. The Morgan fingerprint density at radius 2 is 1.63 bits per heavy atom. The Morgan fingerprint density at radius 1 is 1.00 bits per heavy atom. The zero-order valence-electron chi connectivity index (χ0n) is 15.7. The number of hydrogen-bond acceptors (Lipinski definition) is 4. The number of benzene rings is 1. The molecule has 0 N–H and O–H groups in total. The van der Waals surface area contributed by atoms with E-state index in [0.29, 0.717) is 34.0 Å². The number of piperazine rings is 1. The highest BCUT2D eigenvalue weighted by Gasteiger charge is 2.21. The fraction of sp³-hybridized carbons (Fsp3) is 0.632. The number of carbonyl (C=O) groups is 1. The average molecular weight is 438 g/mol. The van der Waals surface area contributed by atoms with Crippen LogP contribution in [0, 0.1) is 0 Å². The van der Waals surface area contributed by atoms with E-state index < -0.39 is 0 Å². The van der Waals surface area contributed by atoms with Gasteiger partial charge in [-0.25, -0.2) is 4.79 Å². The standard InChI is InChI=1S/C19H27Cl3N2O3/c1-2-26-19(25)24-10-8-23(9-11-24)7-5-3-4-6-12-27-18-16(21)13-15(20)14-17(18)22/h13-14H,2-12H2,1H3. The van der Waals surface area contributed by atoms with E-state index >= 15 is 0 Å². The Labute approximate surface area is 176 Å². The Balaban J connectivity index is 1.53. The summed E-state index contributed by atoms with van der Waals surface area (Å²) >= 11 is 18.1. The normalized spacial score (nSPS) is 15.0. The summed E-state index contributed by atoms with van der Waals surface area (Å²) < 4.78 is 10.7. The van der Waals surface area contributed by atoms with Gasteiger partial charge in [-0.2, -0.15) is 0 Å². The molecule has 27 heavy (non-hydrogen) atoms. The Morgan fingerprint density at radius 3 is 2.26 bits per heavy atom. The van der Waals surface area contributed by atoms with Crippen molar-refractivity contribution in [1.29, 1.82) is 0 Å². The van der Waals surface area contributed by atoms with Crippen molar-refractivity contribution >= 4 is 40.9 Å². The number of unbranched alkanes of at least 4 members (excludes halogenated alkanes) is 3. The second kappa shape index (κ2) is 11.8. The molecular weight excluding hydrogens is 411 g/mol. The van der Waals surface area contributed by atoms with Crippen LogP contribution in [0.4, 0.5) is 4.79 Å². The summed E-state index contributed by atoms with van der Waals surface area (Å²) in [4.78, 5) is 15.9. The van der Waals surface area contributed by atoms with E-state index in [1.807, 2.05) is 6.92 Å². The number of ether oxygens (including phenoxy) is 2. The minimum Gasteiger partial charge on any atom is -0.490 e. The van der Waals surface area contributed by atoms with Gasteiger partial charge in [0.15, 0.2) is 5.75 Å². The lowest BCUT2D eigenvalue weighted by atomic mass is 10.2. The van der Waals surface area contributed by atoms with Crippen LogP contribution in [0.2, 0.25) is 15.1 Å². The van der Waals surface area contributed by atoms with E-state index in [2.05, 4.69) is 4.90 Å². The molecule has 1 aliphatic heterocycles. The fourth-order valence-corrected chi connectivity index (χ4v) is 3.93. The third-order valence-electron chi connectivity index (χ3n) is 4.48. The van der Waals surface area contributed by atoms with E-state index in [9.17, 15) is 4.79 Å². The maximum Gasteiger partial charge on any atom is 0.409 e. The van der Waals surface area contributed by atoms with Gasteiger partial charge in [0.2, 0.25) is 0 Å². The van der Waals surface area contributed by atoms with Gasteiger partial charge in [-0.15, -0.1) is 0 Å². The largest absolute Gasteiger partial charge is 0.490 e. The molecule has 1 amide bonds. The Bertz CT molecular complexity index is 585. The molecule has 0 radical (unpaired) electrons. The lowest BCUT2D eigenvalue weighted by molar-refractivity contribution is 0.0792. The SMILES string of the molecule is CCOC(=O)N1CCN(CCCCCCOc2c(Cl)cc(Cl)cc2Cl)CC1. The van der Waals surface area contributed by atoms with Crippen LogP contribution in [0.1, 0.15) is 32.6 Å². The summed E-state index contributed by atoms with van der Waals surface area (Å²) in [5.41, 5.74) is 0. The van der Waals surface area contributed by atoms with Crippen LogP contribution in [0.25, 0.3) is 0 Å². The van der Waals surface area contributed by atoms with E-state index in [4.69, 9.17) is 44.3 Å². The molecule has 0 aliphatic carbocycles. The van der Waals surface area contributed by atoms with Crippen molar-refractivity contribution in [3.05, 3.63) is 27.2 Å². The van der Waals surface area contributed by atoms with Gasteiger partial charge in [-0.3, -0.25) is 4.90 Å². The van der Waals surface area contributed by atoms with Crippen molar-refractivity contribution < 1.29 is 14.3 Å². The molecule has 152 valence electrons. The summed E-state index contributed by atoms with van der Waals surface area (Å²) in [5.74, 6) is 0.502. The van der Waals surface area contributed by atoms with Gasteiger partial charge in [0, 0.05) is 31.2 Å². The Hall–Kier alpha value is -0.880. The lowest BCUT2D eigenvalue weighted by Crippen LogP contribution is -2.49. The first-order chi connectivity index (χ1) is 13.0. The van der Waals surface area contributed by atoms with Gasteiger partial charge in [0.25, 0.3) is 0 Å². The van der Waals surface area contributed by atoms with E-state index in [0.717, 1.165) is 58.4 Å². The van der Waals surface area contributed by atoms with Crippen LogP contribution >= 0.6 is 34.8 Å². The number of halogens is 3. The quantitative estimate of drug-likeness (QED) is 0.488. The molecule has 0 aromatic heterocycles. The number of carbonyl (C=O) groups excluding carboxylic acids is 1. The van der Waals surface area contributed by atoms with Crippen molar-refractivity contribution in [3.63, 3.8) is 0 Å². The minimum absolute atomic E-state index is 0.196. The monoisotopic (exact) mass is 436 g/mol. The van der Waals surface area contributed by atoms with Crippen molar-refractivity contribution in [2.75, 3.05) is 45.9 Å². The van der Waals surface area contributed by atoms with Crippen molar-refractivity contribution in [1.82, 2.24) is 9.80 Å². The predicted octanol–water partition coefficient (Wildman–Crippen LogP) is 5.36. The number of nitrogens with zero attached hydrogens (tertiary/aromatic N) is 2. The summed E-state index contributed by atoms with van der Waals surface area (Å²) in [6, 6.07) is 3.26. The number of hydrogen-bond donors (Lipinski definition) is 0. The zero-order chi connectivity index (χ0) is 19.6. The highest BCUT2D eigenvalue weighted by atomic mass is 35.5. The third kappa shape index (κ3) is 7.57. The van der Waals surface area contributed by atoms with Crippen LogP contribution in [0.3, 0.4) is 0 Å². The number of rotatable bonds is 9. The maximum absolute atomic E-state index is 11.7. The molecular formula is C19H27Cl3N2O3. The van der Waals surface area contributed by atoms with Crippen LogP contribution in [-0.4, -0.2) is 61.8 Å². The highest BCUT2D eigenvalue weighted by Crippen LogP contribution is 2.35. The van der Waals surface area contributed by atoms with Gasteiger partial charge >= 0.3 is 6.09 Å². The topological polar surface area (TPSA) is 42.0 Å². The van der Waals surface area contributed by atoms with Crippen molar-refractivity contribution in [2.45, 2.75) is 32.6 Å². The minimum atomic E-state index is -0.196. The molecule has 1 saturated heterocycles. The first kappa shape index (κ1) is 22.4. The molecule has 0 spiro atoms. The molecule has 0 bridgehead atoms. The van der Waals surface area contributed by atoms with Crippen molar-refractivity contribution in [3.8, 4) is 5.75 Å². The second-order valence-electron chi connectivity index (χ2n) is 6.49. The molecule has 1 aromatic rings. The first-order valence-corrected chi connectivity index (χ1v) is 10.6. The molecule has 1 heterocycles. The van der Waals surface area contributed by atoms with Crippen LogP contribution in [-0.2, 0) is 4.74 Å². The smallest absolute Gasteiger partial charge is 0.409 e. The molecule has 1 fully saturated rings. The number of amides is 1. The van der Waals surface area contributed by atoms with Crippen LogP contribution < -0.4 is 4.74 Å². The maximum atomic E-state index is 11.7. The molecule has 1 aromatic carbocycles. The molecule has 1 aliphatic rings. The van der Waals surface area contributed by atoms with Gasteiger partial charge in [-0.1, -0.05) is 47.6 Å². The predicted molar refractivity (Wildman–Crippen MR) is 110 cm³/mol. The highest BCUT2D eigenvalue weighted by molar-refractivity contribution is 6.40. The summed E-state index contributed by atoms with van der Waals surface area (Å²) in [7, 11) is 0. The second-order valence-corrected chi connectivity index (χ2v) is 7.74. The summed E-state index contributed by atoms with van der Waals surface area (Å²) in [6.45, 7) is 7.22. The van der Waals surface area contributed by atoms with Gasteiger partial charge in [-0.05, 0) is 38.4 Å². The molecule has 0 atom stereocenters. The fourth-order valence-electron chi connectivity index (χ4n) is 3.00. The summed E-state index contributed by atoms with van der Waals surface area (Å²) in [6.07, 6.45) is 4.13. The van der Waals surface area contributed by atoms with Crippen LogP contribution in [0.15, 0.2) is 12.1 Å². The third-order valence-corrected chi connectivity index (χ3v) is 5.26. The Kier molecular flexibility index (Phi) is 9.83. The van der Waals surface area contributed by atoms with Crippen molar-refractivity contribution in [2.24, 2.45) is 0 Å². The van der Waals surface area contributed by atoms with E-state index in [1.54, 1.807) is 17.0 Å². The van der Waals surface area contributed by atoms with E-state index in [1.165, 1.54) is 0 Å². The van der Waals surface area contributed by atoms with E-state index in [-0.39, 0.29) is 6.09 Å². The molecule has 2 rings (SSSR count). The lowest BCUT2D eigenvalue weighted by Gasteiger charge is -2.34. The van der Waals surface area contributed by atoms with Gasteiger partial charge in [0.05, 0.1) is 23.3 Å². The zero-order valence-corrected chi connectivity index (χ0v) is 18.0. The first-order valence-electron chi connectivity index (χ1n) is 9.42.